The van der Waals surface area contributed by atoms with Gasteiger partial charge < -0.3 is 4.98 Å². The summed E-state index contributed by atoms with van der Waals surface area (Å²) in [6.07, 6.45) is 3.52. The van der Waals surface area contributed by atoms with Crippen molar-refractivity contribution in [1.82, 2.24) is 19.9 Å². The van der Waals surface area contributed by atoms with Crippen molar-refractivity contribution in [1.29, 1.82) is 0 Å². The molecule has 0 fully saturated rings. The largest absolute Gasteiger partial charge is 0.310 e. The van der Waals surface area contributed by atoms with Gasteiger partial charge in [-0.3, -0.25) is 14.7 Å². The molecule has 0 amide bonds. The zero-order valence-electron chi connectivity index (χ0n) is 12.8. The molecular formula is C16H19FN4O. The number of hydrogen-bond acceptors (Lipinski definition) is 4. The molecule has 3 heterocycles. The van der Waals surface area contributed by atoms with Crippen molar-refractivity contribution in [3.63, 3.8) is 0 Å². The molecule has 5 nitrogen and oxygen atoms in total. The van der Waals surface area contributed by atoms with Crippen LogP contribution in [-0.2, 0) is 19.5 Å². The number of nitrogens with one attached hydrogen (secondary N) is 1. The molecule has 0 spiro atoms. The van der Waals surface area contributed by atoms with E-state index in [0.29, 0.717) is 30.6 Å². The first-order valence-electron chi connectivity index (χ1n) is 7.47. The number of rotatable bonds is 3. The van der Waals surface area contributed by atoms with Gasteiger partial charge in [0.15, 0.2) is 0 Å². The lowest BCUT2D eigenvalue weighted by molar-refractivity contribution is 0.238. The summed E-state index contributed by atoms with van der Waals surface area (Å²) < 4.78 is 13.7. The zero-order chi connectivity index (χ0) is 15.7. The summed E-state index contributed by atoms with van der Waals surface area (Å²) in [6.45, 7) is 5.75. The number of hydrogen-bond donors (Lipinski definition) is 1. The number of aromatic amines is 1. The van der Waals surface area contributed by atoms with E-state index in [1.165, 1.54) is 6.20 Å². The zero-order valence-corrected chi connectivity index (χ0v) is 12.8. The highest BCUT2D eigenvalue weighted by molar-refractivity contribution is 5.22. The molecule has 0 unspecified atom stereocenters. The molecular weight excluding hydrogens is 283 g/mol. The molecule has 2 aromatic heterocycles. The Morgan fingerprint density at radius 2 is 2.27 bits per heavy atom. The number of aromatic nitrogens is 3. The molecule has 1 aliphatic heterocycles. The van der Waals surface area contributed by atoms with Crippen molar-refractivity contribution in [3.8, 4) is 0 Å². The lowest BCUT2D eigenvalue weighted by Crippen LogP contribution is -2.36. The highest BCUT2D eigenvalue weighted by Gasteiger charge is 2.22. The number of pyridine rings is 1. The lowest BCUT2D eigenvalue weighted by atomic mass is 10.1. The predicted molar refractivity (Wildman–Crippen MR) is 81.0 cm³/mol. The Hall–Kier alpha value is -2.08. The molecule has 1 aliphatic rings. The maximum absolute atomic E-state index is 13.7. The Balaban J connectivity index is 1.82. The van der Waals surface area contributed by atoms with Crippen LogP contribution >= 0.6 is 0 Å². The topological polar surface area (TPSA) is 61.9 Å². The van der Waals surface area contributed by atoms with Crippen LogP contribution in [0.4, 0.5) is 4.39 Å². The van der Waals surface area contributed by atoms with Gasteiger partial charge >= 0.3 is 0 Å². The Morgan fingerprint density at radius 3 is 3.00 bits per heavy atom. The summed E-state index contributed by atoms with van der Waals surface area (Å²) in [5.74, 6) is 0.620. The van der Waals surface area contributed by atoms with Gasteiger partial charge in [0.2, 0.25) is 0 Å². The number of H-pyrrole nitrogens is 1. The third kappa shape index (κ3) is 2.92. The first-order chi connectivity index (χ1) is 10.5. The summed E-state index contributed by atoms with van der Waals surface area (Å²) in [6, 6.07) is 1.68. The second kappa shape index (κ2) is 5.96. The molecule has 0 saturated heterocycles. The van der Waals surface area contributed by atoms with Crippen LogP contribution < -0.4 is 5.56 Å². The maximum Gasteiger partial charge on any atom is 0.255 e. The summed E-state index contributed by atoms with van der Waals surface area (Å²) in [5.41, 5.74) is 2.10. The summed E-state index contributed by atoms with van der Waals surface area (Å²) >= 11 is 0. The number of halogens is 1. The molecule has 116 valence electrons. The van der Waals surface area contributed by atoms with E-state index in [9.17, 15) is 9.18 Å². The van der Waals surface area contributed by atoms with Crippen LogP contribution in [0.1, 0.15) is 42.4 Å². The molecule has 0 aromatic carbocycles. The van der Waals surface area contributed by atoms with E-state index in [4.69, 9.17) is 0 Å². The van der Waals surface area contributed by atoms with Crippen molar-refractivity contribution in [2.75, 3.05) is 6.54 Å². The van der Waals surface area contributed by atoms with E-state index in [2.05, 4.69) is 19.9 Å². The minimum absolute atomic E-state index is 0.0754. The van der Waals surface area contributed by atoms with Crippen molar-refractivity contribution < 1.29 is 4.39 Å². The van der Waals surface area contributed by atoms with Gasteiger partial charge in [0.1, 0.15) is 11.6 Å². The average molecular weight is 302 g/mol. The molecule has 6 heteroatoms. The fourth-order valence-corrected chi connectivity index (χ4v) is 2.68. The second-order valence-electron chi connectivity index (χ2n) is 5.96. The highest BCUT2D eigenvalue weighted by Crippen LogP contribution is 2.18. The van der Waals surface area contributed by atoms with Gasteiger partial charge in [-0.1, -0.05) is 13.8 Å². The van der Waals surface area contributed by atoms with Gasteiger partial charge in [0.25, 0.3) is 5.56 Å². The molecule has 0 radical (unpaired) electrons. The molecule has 0 aliphatic carbocycles. The van der Waals surface area contributed by atoms with Crippen LogP contribution in [0, 0.1) is 5.82 Å². The second-order valence-corrected chi connectivity index (χ2v) is 5.96. The predicted octanol–water partition coefficient (Wildman–Crippen LogP) is 1.99. The Kier molecular flexibility index (Phi) is 4.02. The van der Waals surface area contributed by atoms with Gasteiger partial charge in [-0.05, 0) is 6.07 Å². The quantitative estimate of drug-likeness (QED) is 0.942. The monoisotopic (exact) mass is 302 g/mol. The van der Waals surface area contributed by atoms with Gasteiger partial charge in [-0.25, -0.2) is 9.37 Å². The van der Waals surface area contributed by atoms with E-state index in [1.54, 1.807) is 12.3 Å². The van der Waals surface area contributed by atoms with Crippen LogP contribution in [0.3, 0.4) is 0 Å². The van der Waals surface area contributed by atoms with Gasteiger partial charge in [-0.2, -0.15) is 0 Å². The van der Waals surface area contributed by atoms with E-state index >= 15 is 0 Å². The van der Waals surface area contributed by atoms with Crippen LogP contribution in [0.25, 0.3) is 0 Å². The highest BCUT2D eigenvalue weighted by atomic mass is 19.1. The van der Waals surface area contributed by atoms with Gasteiger partial charge in [-0.15, -0.1) is 0 Å². The minimum Gasteiger partial charge on any atom is -0.310 e. The third-order valence-corrected chi connectivity index (χ3v) is 3.96. The molecule has 22 heavy (non-hydrogen) atoms. The summed E-state index contributed by atoms with van der Waals surface area (Å²) in [7, 11) is 0. The molecule has 0 bridgehead atoms. The SMILES string of the molecule is CC(C)c1nc2c(c(=O)[nH]1)CN(Cc1ccncc1F)CC2. The van der Waals surface area contributed by atoms with Crippen LogP contribution in [0.5, 0.6) is 0 Å². The number of fused-ring (bicyclic) bond motifs is 1. The van der Waals surface area contributed by atoms with E-state index in [1.807, 2.05) is 13.8 Å². The van der Waals surface area contributed by atoms with Crippen LogP contribution in [-0.4, -0.2) is 26.4 Å². The first-order valence-corrected chi connectivity index (χ1v) is 7.47. The van der Waals surface area contributed by atoms with E-state index in [-0.39, 0.29) is 17.3 Å². The van der Waals surface area contributed by atoms with Gasteiger partial charge in [0, 0.05) is 43.7 Å². The van der Waals surface area contributed by atoms with Crippen molar-refractivity contribution >= 4 is 0 Å². The van der Waals surface area contributed by atoms with Crippen molar-refractivity contribution in [2.24, 2.45) is 0 Å². The molecule has 2 aromatic rings. The number of nitrogens with zero attached hydrogens (tertiary/aromatic N) is 3. The van der Waals surface area contributed by atoms with E-state index in [0.717, 1.165) is 18.1 Å². The molecule has 0 saturated carbocycles. The van der Waals surface area contributed by atoms with E-state index < -0.39 is 0 Å². The first kappa shape index (κ1) is 14.8. The minimum atomic E-state index is -0.310. The maximum atomic E-state index is 13.7. The Labute approximate surface area is 128 Å². The van der Waals surface area contributed by atoms with Crippen LogP contribution in [0.2, 0.25) is 0 Å². The van der Waals surface area contributed by atoms with Crippen LogP contribution in [0.15, 0.2) is 23.3 Å². The average Bonchev–Trinajstić information content (AvgIpc) is 2.50. The summed E-state index contributed by atoms with van der Waals surface area (Å²) in [4.78, 5) is 25.5. The Morgan fingerprint density at radius 1 is 1.45 bits per heavy atom. The van der Waals surface area contributed by atoms with Crippen molar-refractivity contribution in [3.05, 3.63) is 57.3 Å². The third-order valence-electron chi connectivity index (χ3n) is 3.96. The molecule has 0 atom stereocenters. The Bertz CT molecular complexity index is 741. The standard InChI is InChI=1S/C16H19FN4O/c1-10(2)15-19-14-4-6-21(9-12(14)16(22)20-15)8-11-3-5-18-7-13(11)17/h3,5,7,10H,4,6,8-9H2,1-2H3,(H,19,20,22). The summed E-state index contributed by atoms with van der Waals surface area (Å²) in [5, 5.41) is 0. The fourth-order valence-electron chi connectivity index (χ4n) is 2.68. The molecule has 3 rings (SSSR count). The molecule has 1 N–H and O–H groups in total. The lowest BCUT2D eigenvalue weighted by Gasteiger charge is -2.28. The fraction of sp³-hybridized carbons (Fsp3) is 0.438. The smallest absolute Gasteiger partial charge is 0.255 e. The normalized spacial score (nSPS) is 15.1. The van der Waals surface area contributed by atoms with Crippen molar-refractivity contribution in [2.45, 2.75) is 39.3 Å². The van der Waals surface area contributed by atoms with Gasteiger partial charge in [0.05, 0.1) is 17.5 Å².